The number of nitrogen functional groups attached to an aromatic ring is 1. The number of aromatic nitrogens is 2. The first-order valence-corrected chi connectivity index (χ1v) is 6.29. The summed E-state index contributed by atoms with van der Waals surface area (Å²) in [7, 11) is 0. The number of aromatic carboxylic acids is 1. The summed E-state index contributed by atoms with van der Waals surface area (Å²) in [6, 6.07) is 2.86. The van der Waals surface area contributed by atoms with Gasteiger partial charge in [0.15, 0.2) is 5.82 Å². The van der Waals surface area contributed by atoms with E-state index in [1.807, 2.05) is 0 Å². The van der Waals surface area contributed by atoms with Crippen LogP contribution in [0.25, 0.3) is 5.69 Å². The van der Waals surface area contributed by atoms with Crippen molar-refractivity contribution in [2.45, 2.75) is 5.03 Å². The molecule has 1 aromatic carbocycles. The molecule has 0 aliphatic heterocycles. The van der Waals surface area contributed by atoms with E-state index < -0.39 is 17.6 Å². The average molecular weight is 285 g/mol. The van der Waals surface area contributed by atoms with E-state index in [0.717, 1.165) is 28.6 Å². The minimum atomic E-state index is -1.25. The second-order valence-electron chi connectivity index (χ2n) is 3.58. The summed E-state index contributed by atoms with van der Waals surface area (Å²) in [5, 5.41) is 13.1. The molecule has 0 aliphatic carbocycles. The maximum Gasteiger partial charge on any atom is 0.342 e. The maximum absolute atomic E-state index is 13.7. The molecule has 2 rings (SSSR count). The highest BCUT2D eigenvalue weighted by molar-refractivity contribution is 7.98. The van der Waals surface area contributed by atoms with Crippen LogP contribution in [0.15, 0.2) is 23.2 Å². The molecule has 8 heteroatoms. The Hall–Kier alpha value is -2.09. The minimum Gasteiger partial charge on any atom is -0.477 e. The molecule has 0 atom stereocenters. The van der Waals surface area contributed by atoms with Crippen LogP contribution in [0.1, 0.15) is 10.4 Å². The molecule has 5 nitrogen and oxygen atoms in total. The van der Waals surface area contributed by atoms with Crippen LogP contribution in [-0.4, -0.2) is 27.1 Å². The summed E-state index contributed by atoms with van der Waals surface area (Å²) in [5.41, 5.74) is 5.36. The van der Waals surface area contributed by atoms with E-state index in [0.29, 0.717) is 6.07 Å². The Morgan fingerprint density at radius 1 is 1.47 bits per heavy atom. The van der Waals surface area contributed by atoms with Crippen molar-refractivity contribution in [3.05, 3.63) is 35.4 Å². The van der Waals surface area contributed by atoms with E-state index in [1.165, 1.54) is 0 Å². The van der Waals surface area contributed by atoms with Gasteiger partial charge in [0, 0.05) is 6.07 Å². The number of carbonyl (C=O) groups is 1. The molecular formula is C11H9F2N3O2S. The number of nitrogens with two attached hydrogens (primary N) is 1. The van der Waals surface area contributed by atoms with Crippen LogP contribution in [0, 0.1) is 11.6 Å². The summed E-state index contributed by atoms with van der Waals surface area (Å²) in [6.45, 7) is 0. The lowest BCUT2D eigenvalue weighted by Gasteiger charge is -2.05. The molecule has 0 saturated carbocycles. The van der Waals surface area contributed by atoms with Gasteiger partial charge in [-0.05, 0) is 18.4 Å². The molecule has 3 N–H and O–H groups in total. The molecular weight excluding hydrogens is 276 g/mol. The Kier molecular flexibility index (Phi) is 3.43. The van der Waals surface area contributed by atoms with Crippen molar-refractivity contribution in [2.24, 2.45) is 0 Å². The van der Waals surface area contributed by atoms with Crippen LogP contribution in [0.2, 0.25) is 0 Å². The van der Waals surface area contributed by atoms with Crippen molar-refractivity contribution in [1.82, 2.24) is 9.78 Å². The Morgan fingerprint density at radius 2 is 2.16 bits per heavy atom. The molecule has 100 valence electrons. The zero-order valence-electron chi connectivity index (χ0n) is 9.72. The molecule has 0 bridgehead atoms. The summed E-state index contributed by atoms with van der Waals surface area (Å²) in [5.74, 6) is -3.08. The lowest BCUT2D eigenvalue weighted by atomic mass is 10.3. The monoisotopic (exact) mass is 285 g/mol. The number of halogens is 2. The fourth-order valence-electron chi connectivity index (χ4n) is 1.59. The third kappa shape index (κ3) is 2.26. The largest absolute Gasteiger partial charge is 0.477 e. The highest BCUT2D eigenvalue weighted by atomic mass is 32.2. The average Bonchev–Trinajstić information content (AvgIpc) is 2.66. The van der Waals surface area contributed by atoms with Gasteiger partial charge in [-0.2, -0.15) is 5.10 Å². The first-order valence-electron chi connectivity index (χ1n) is 5.07. The smallest absolute Gasteiger partial charge is 0.342 e. The molecule has 2 aromatic rings. The number of hydrogen-bond donors (Lipinski definition) is 2. The van der Waals surface area contributed by atoms with Gasteiger partial charge < -0.3 is 10.8 Å². The third-order valence-corrected chi connectivity index (χ3v) is 3.11. The molecule has 0 saturated heterocycles. The van der Waals surface area contributed by atoms with Gasteiger partial charge >= 0.3 is 5.97 Å². The summed E-state index contributed by atoms with van der Waals surface area (Å²) < 4.78 is 27.4. The molecule has 0 fully saturated rings. The molecule has 1 heterocycles. The van der Waals surface area contributed by atoms with Crippen LogP contribution >= 0.6 is 11.8 Å². The first-order chi connectivity index (χ1) is 8.95. The van der Waals surface area contributed by atoms with Crippen molar-refractivity contribution < 1.29 is 18.7 Å². The molecule has 19 heavy (non-hydrogen) atoms. The number of carboxylic acids is 1. The number of hydrogen-bond acceptors (Lipinski definition) is 4. The summed E-state index contributed by atoms with van der Waals surface area (Å²) in [4.78, 5) is 11.1. The Balaban J connectivity index is 2.66. The zero-order valence-corrected chi connectivity index (χ0v) is 10.5. The predicted octanol–water partition coefficient (Wildman–Crippen LogP) is 2.15. The van der Waals surface area contributed by atoms with Crippen molar-refractivity contribution in [2.75, 3.05) is 12.0 Å². The minimum absolute atomic E-state index is 0.110. The predicted molar refractivity (Wildman–Crippen MR) is 66.6 cm³/mol. The number of nitrogens with zero attached hydrogens (tertiary/aromatic N) is 2. The van der Waals surface area contributed by atoms with Crippen molar-refractivity contribution in [3.63, 3.8) is 0 Å². The van der Waals surface area contributed by atoms with Gasteiger partial charge in [0.2, 0.25) is 0 Å². The molecule has 1 aromatic heterocycles. The van der Waals surface area contributed by atoms with E-state index in [2.05, 4.69) is 5.10 Å². The van der Waals surface area contributed by atoms with E-state index >= 15 is 0 Å². The molecule has 0 radical (unpaired) electrons. The maximum atomic E-state index is 13.7. The Labute approximate surface area is 111 Å². The highest BCUT2D eigenvalue weighted by Crippen LogP contribution is 2.28. The van der Waals surface area contributed by atoms with Crippen molar-refractivity contribution in [1.29, 1.82) is 0 Å². The topological polar surface area (TPSA) is 81.1 Å². The molecule has 0 amide bonds. The van der Waals surface area contributed by atoms with Gasteiger partial charge in [-0.3, -0.25) is 0 Å². The summed E-state index contributed by atoms with van der Waals surface area (Å²) >= 11 is 1.07. The number of carboxylic acid groups (broad SMARTS) is 1. The van der Waals surface area contributed by atoms with E-state index in [9.17, 15) is 13.6 Å². The van der Waals surface area contributed by atoms with Crippen molar-refractivity contribution >= 4 is 23.5 Å². The van der Waals surface area contributed by atoms with E-state index in [-0.39, 0.29) is 22.1 Å². The van der Waals surface area contributed by atoms with Crippen LogP contribution in [0.3, 0.4) is 0 Å². The second-order valence-corrected chi connectivity index (χ2v) is 4.38. The van der Waals surface area contributed by atoms with Crippen LogP contribution < -0.4 is 5.73 Å². The van der Waals surface area contributed by atoms with Gasteiger partial charge in [-0.25, -0.2) is 18.3 Å². The lowest BCUT2D eigenvalue weighted by Crippen LogP contribution is -2.07. The van der Waals surface area contributed by atoms with E-state index in [1.54, 1.807) is 6.26 Å². The van der Waals surface area contributed by atoms with Crippen molar-refractivity contribution in [3.8, 4) is 5.69 Å². The fraction of sp³-hybridized carbons (Fsp3) is 0.0909. The van der Waals surface area contributed by atoms with E-state index in [4.69, 9.17) is 10.8 Å². The standard InChI is InChI=1S/C11H9F2N3O2S/c1-19-10-8(11(17)18)9(14)16(15-10)7-3-2-5(12)4-6(7)13/h2-4H,14H2,1H3,(H,17,18). The number of rotatable bonds is 3. The van der Waals surface area contributed by atoms with Gasteiger partial charge in [0.1, 0.15) is 27.9 Å². The van der Waals surface area contributed by atoms with Crippen LogP contribution in [0.4, 0.5) is 14.6 Å². The Morgan fingerprint density at radius 3 is 2.63 bits per heavy atom. The second kappa shape index (κ2) is 4.88. The number of anilines is 1. The first kappa shape index (κ1) is 13.3. The summed E-state index contributed by atoms with van der Waals surface area (Å²) in [6.07, 6.45) is 1.62. The van der Waals surface area contributed by atoms with Gasteiger partial charge in [-0.1, -0.05) is 0 Å². The molecule has 0 unspecified atom stereocenters. The zero-order chi connectivity index (χ0) is 14.2. The highest BCUT2D eigenvalue weighted by Gasteiger charge is 2.23. The Bertz CT molecular complexity index is 658. The quantitative estimate of drug-likeness (QED) is 0.844. The van der Waals surface area contributed by atoms with Gasteiger partial charge in [-0.15, -0.1) is 11.8 Å². The number of thioether (sulfide) groups is 1. The fourth-order valence-corrected chi connectivity index (χ4v) is 2.15. The third-order valence-electron chi connectivity index (χ3n) is 2.43. The van der Waals surface area contributed by atoms with Gasteiger partial charge in [0.05, 0.1) is 0 Å². The molecule has 0 spiro atoms. The van der Waals surface area contributed by atoms with Gasteiger partial charge in [0.25, 0.3) is 0 Å². The normalized spacial score (nSPS) is 10.7. The van der Waals surface area contributed by atoms with Crippen LogP contribution in [-0.2, 0) is 0 Å². The number of benzene rings is 1. The lowest BCUT2D eigenvalue weighted by molar-refractivity contribution is 0.0694. The SMILES string of the molecule is CSc1nn(-c2ccc(F)cc2F)c(N)c1C(=O)O. The molecule has 0 aliphatic rings. The van der Waals surface area contributed by atoms with Crippen LogP contribution in [0.5, 0.6) is 0 Å².